The Morgan fingerprint density at radius 2 is 1.67 bits per heavy atom. The van der Waals surface area contributed by atoms with Crippen LogP contribution < -0.4 is 0 Å². The average molecular weight is 198 g/mol. The van der Waals surface area contributed by atoms with Gasteiger partial charge in [-0.3, -0.25) is 0 Å². The lowest BCUT2D eigenvalue weighted by molar-refractivity contribution is 0.794. The number of benzene rings is 1. The second kappa shape index (κ2) is 4.97. The van der Waals surface area contributed by atoms with Crippen molar-refractivity contribution in [3.8, 4) is 0 Å². The topological polar surface area (TPSA) is 0 Å². The van der Waals surface area contributed by atoms with Crippen molar-refractivity contribution in [1.29, 1.82) is 0 Å². The van der Waals surface area contributed by atoms with Gasteiger partial charge in [-0.25, -0.2) is 0 Å². The number of aryl methyl sites for hydroxylation is 1. The van der Waals surface area contributed by atoms with Crippen molar-refractivity contribution in [2.45, 2.75) is 32.1 Å². The molecular formula is C15H18. The van der Waals surface area contributed by atoms with Gasteiger partial charge in [0.05, 0.1) is 0 Å². The van der Waals surface area contributed by atoms with Crippen molar-refractivity contribution < 1.29 is 0 Å². The zero-order valence-corrected chi connectivity index (χ0v) is 9.32. The van der Waals surface area contributed by atoms with Crippen LogP contribution in [0.5, 0.6) is 0 Å². The highest BCUT2D eigenvalue weighted by Crippen LogP contribution is 2.23. The van der Waals surface area contributed by atoms with Crippen molar-refractivity contribution in [3.05, 3.63) is 59.7 Å². The van der Waals surface area contributed by atoms with E-state index in [1.54, 1.807) is 0 Å². The van der Waals surface area contributed by atoms with Crippen LogP contribution in [-0.4, -0.2) is 0 Å². The van der Waals surface area contributed by atoms with Crippen molar-refractivity contribution in [3.63, 3.8) is 0 Å². The largest absolute Gasteiger partial charge is 0.0732 e. The first-order valence-electron chi connectivity index (χ1n) is 5.84. The van der Waals surface area contributed by atoms with Crippen molar-refractivity contribution >= 4 is 0 Å². The van der Waals surface area contributed by atoms with Gasteiger partial charge in [-0.1, -0.05) is 61.9 Å². The zero-order chi connectivity index (χ0) is 10.5. The van der Waals surface area contributed by atoms with Gasteiger partial charge in [0.15, 0.2) is 0 Å². The number of hydrogen-bond acceptors (Lipinski definition) is 0. The lowest BCUT2D eigenvalue weighted by Gasteiger charge is -2.07. The molecule has 0 aromatic heterocycles. The van der Waals surface area contributed by atoms with Gasteiger partial charge in [-0.15, -0.1) is 0 Å². The predicted molar refractivity (Wildman–Crippen MR) is 66.1 cm³/mol. The molecule has 0 saturated carbocycles. The lowest BCUT2D eigenvalue weighted by Crippen LogP contribution is -1.90. The van der Waals surface area contributed by atoms with Gasteiger partial charge in [-0.2, -0.15) is 0 Å². The molecular weight excluding hydrogens is 180 g/mol. The highest BCUT2D eigenvalue weighted by molar-refractivity contribution is 5.36. The molecule has 0 bridgehead atoms. The standard InChI is InChI=1S/C15H18/c1-2-3-6-13-9-11-15(12-10-13)14-7-4-5-8-14/h4-5,7-12,14H,2-3,6H2,1H3. The van der Waals surface area contributed by atoms with Crippen LogP contribution in [0.3, 0.4) is 0 Å². The van der Waals surface area contributed by atoms with Gasteiger partial charge in [0.25, 0.3) is 0 Å². The highest BCUT2D eigenvalue weighted by atomic mass is 14.1. The first-order chi connectivity index (χ1) is 7.40. The van der Waals surface area contributed by atoms with Crippen molar-refractivity contribution in [2.75, 3.05) is 0 Å². The molecule has 0 unspecified atom stereocenters. The van der Waals surface area contributed by atoms with E-state index in [9.17, 15) is 0 Å². The molecule has 0 radical (unpaired) electrons. The molecule has 2 rings (SSSR count). The molecule has 1 aromatic rings. The van der Waals surface area contributed by atoms with E-state index in [0.717, 1.165) is 0 Å². The minimum Gasteiger partial charge on any atom is -0.0732 e. The minimum atomic E-state index is 0.505. The van der Waals surface area contributed by atoms with Crippen LogP contribution >= 0.6 is 0 Å². The molecule has 1 aromatic carbocycles. The maximum atomic E-state index is 2.27. The summed E-state index contributed by atoms with van der Waals surface area (Å²) >= 11 is 0. The fourth-order valence-corrected chi connectivity index (χ4v) is 1.94. The van der Waals surface area contributed by atoms with E-state index < -0.39 is 0 Å². The first kappa shape index (κ1) is 10.2. The Labute approximate surface area is 92.3 Å². The SMILES string of the molecule is CCCCc1ccc(C2C=CC=C2)cc1. The summed E-state index contributed by atoms with van der Waals surface area (Å²) in [6.45, 7) is 2.24. The molecule has 1 aliphatic carbocycles. The quantitative estimate of drug-likeness (QED) is 0.679. The molecule has 0 saturated heterocycles. The number of unbranched alkanes of at least 4 members (excludes halogenated alkanes) is 1. The molecule has 0 spiro atoms. The Morgan fingerprint density at radius 3 is 2.27 bits per heavy atom. The molecule has 0 fully saturated rings. The van der Waals surface area contributed by atoms with E-state index in [0.29, 0.717) is 5.92 Å². The van der Waals surface area contributed by atoms with E-state index in [2.05, 4.69) is 55.5 Å². The molecule has 0 nitrogen and oxygen atoms in total. The van der Waals surface area contributed by atoms with Crippen LogP contribution in [0.2, 0.25) is 0 Å². The normalized spacial score (nSPS) is 15.0. The maximum absolute atomic E-state index is 2.27. The van der Waals surface area contributed by atoms with Crippen LogP contribution in [0.15, 0.2) is 48.6 Å². The molecule has 0 heterocycles. The van der Waals surface area contributed by atoms with Crippen LogP contribution in [-0.2, 0) is 6.42 Å². The molecule has 0 amide bonds. The smallest absolute Gasteiger partial charge is 0.0204 e. The van der Waals surface area contributed by atoms with Gasteiger partial charge in [0.2, 0.25) is 0 Å². The fourth-order valence-electron chi connectivity index (χ4n) is 1.94. The summed E-state index contributed by atoms with van der Waals surface area (Å²) in [5, 5.41) is 0. The van der Waals surface area contributed by atoms with E-state index in [-0.39, 0.29) is 0 Å². The molecule has 0 aliphatic heterocycles. The number of allylic oxidation sites excluding steroid dienone is 4. The summed E-state index contributed by atoms with van der Waals surface area (Å²) in [7, 11) is 0. The Hall–Kier alpha value is -1.30. The third-order valence-corrected chi connectivity index (χ3v) is 2.93. The van der Waals surface area contributed by atoms with Gasteiger partial charge in [0, 0.05) is 5.92 Å². The summed E-state index contributed by atoms with van der Waals surface area (Å²) < 4.78 is 0. The summed E-state index contributed by atoms with van der Waals surface area (Å²) in [5.41, 5.74) is 2.87. The van der Waals surface area contributed by atoms with Crippen molar-refractivity contribution in [1.82, 2.24) is 0 Å². The lowest BCUT2D eigenvalue weighted by atomic mass is 9.98. The van der Waals surface area contributed by atoms with E-state index >= 15 is 0 Å². The first-order valence-corrected chi connectivity index (χ1v) is 5.84. The third-order valence-electron chi connectivity index (χ3n) is 2.93. The average Bonchev–Trinajstić information content (AvgIpc) is 2.80. The Balaban J connectivity index is 2.03. The van der Waals surface area contributed by atoms with Crippen molar-refractivity contribution in [2.24, 2.45) is 0 Å². The molecule has 15 heavy (non-hydrogen) atoms. The summed E-state index contributed by atoms with van der Waals surface area (Å²) in [6, 6.07) is 9.06. The Bertz CT molecular complexity index is 342. The number of hydrogen-bond donors (Lipinski definition) is 0. The van der Waals surface area contributed by atoms with E-state index in [1.807, 2.05) is 0 Å². The zero-order valence-electron chi connectivity index (χ0n) is 9.32. The molecule has 78 valence electrons. The van der Waals surface area contributed by atoms with Crippen LogP contribution in [0.4, 0.5) is 0 Å². The van der Waals surface area contributed by atoms with Crippen LogP contribution in [0.25, 0.3) is 0 Å². The maximum Gasteiger partial charge on any atom is 0.0204 e. The van der Waals surface area contributed by atoms with Gasteiger partial charge in [-0.05, 0) is 24.0 Å². The van der Waals surface area contributed by atoms with E-state index in [1.165, 1.54) is 30.4 Å². The Kier molecular flexibility index (Phi) is 3.39. The summed E-state index contributed by atoms with van der Waals surface area (Å²) in [4.78, 5) is 0. The summed E-state index contributed by atoms with van der Waals surface area (Å²) in [6.07, 6.45) is 12.5. The molecule has 0 heteroatoms. The van der Waals surface area contributed by atoms with Gasteiger partial charge >= 0.3 is 0 Å². The van der Waals surface area contributed by atoms with Crippen LogP contribution in [0, 0.1) is 0 Å². The Morgan fingerprint density at radius 1 is 1.00 bits per heavy atom. The fraction of sp³-hybridized carbons (Fsp3) is 0.333. The predicted octanol–water partition coefficient (Wildman–Crippen LogP) is 4.24. The van der Waals surface area contributed by atoms with Gasteiger partial charge < -0.3 is 0 Å². The van der Waals surface area contributed by atoms with Gasteiger partial charge in [0.1, 0.15) is 0 Å². The minimum absolute atomic E-state index is 0.505. The molecule has 0 N–H and O–H groups in total. The molecule has 0 atom stereocenters. The monoisotopic (exact) mass is 198 g/mol. The van der Waals surface area contributed by atoms with E-state index in [4.69, 9.17) is 0 Å². The number of rotatable bonds is 4. The van der Waals surface area contributed by atoms with Crippen LogP contribution in [0.1, 0.15) is 36.8 Å². The second-order valence-corrected chi connectivity index (χ2v) is 4.14. The second-order valence-electron chi connectivity index (χ2n) is 4.14. The third kappa shape index (κ3) is 2.59. The molecule has 1 aliphatic rings. The summed E-state index contributed by atoms with van der Waals surface area (Å²) in [5.74, 6) is 0.505. The highest BCUT2D eigenvalue weighted by Gasteiger charge is 2.05.